The molecule has 9 nitrogen and oxygen atoms in total. The molecule has 1 saturated heterocycles. The molecular weight excluding hydrogens is 434 g/mol. The second-order valence-electron chi connectivity index (χ2n) is 9.85. The summed E-state index contributed by atoms with van der Waals surface area (Å²) in [4.78, 5) is 35.9. The van der Waals surface area contributed by atoms with Gasteiger partial charge in [0, 0.05) is 30.4 Å². The molecule has 1 aliphatic carbocycles. The Bertz CT molecular complexity index is 1230. The maximum Gasteiger partial charge on any atom is 0.275 e. The molecular formula is C25H31N5O4. The number of ether oxygens (including phenoxy) is 2. The number of amides is 1. The summed E-state index contributed by atoms with van der Waals surface area (Å²) in [7, 11) is 0. The molecule has 0 bridgehead atoms. The zero-order chi connectivity index (χ0) is 23.8. The summed E-state index contributed by atoms with van der Waals surface area (Å²) < 4.78 is 13.4. The Morgan fingerprint density at radius 3 is 2.68 bits per heavy atom. The lowest BCUT2D eigenvalue weighted by Gasteiger charge is -2.44. The number of carbonyl (C=O) groups excluding carboxylic acids is 1. The molecule has 0 unspecified atom stereocenters. The van der Waals surface area contributed by atoms with Crippen LogP contribution in [-0.4, -0.2) is 61.3 Å². The van der Waals surface area contributed by atoms with Crippen LogP contribution in [0.25, 0.3) is 17.2 Å². The molecule has 1 amide bonds. The third kappa shape index (κ3) is 4.50. The second kappa shape index (κ2) is 8.96. The van der Waals surface area contributed by atoms with Crippen molar-refractivity contribution in [1.82, 2.24) is 24.5 Å². The van der Waals surface area contributed by atoms with Crippen molar-refractivity contribution in [2.24, 2.45) is 0 Å². The minimum absolute atomic E-state index is 0.0286. The molecule has 0 radical (unpaired) electrons. The van der Waals surface area contributed by atoms with Crippen LogP contribution in [0.1, 0.15) is 51.6 Å². The van der Waals surface area contributed by atoms with Crippen LogP contribution < -0.4 is 5.56 Å². The van der Waals surface area contributed by atoms with E-state index in [2.05, 4.69) is 15.1 Å². The highest BCUT2D eigenvalue weighted by Gasteiger charge is 2.45. The molecule has 1 N–H and O–H groups in total. The summed E-state index contributed by atoms with van der Waals surface area (Å²) in [5, 5.41) is 4.34. The fraction of sp³-hybridized carbons (Fsp3) is 0.520. The zero-order valence-electron chi connectivity index (χ0n) is 19.7. The van der Waals surface area contributed by atoms with E-state index in [1.54, 1.807) is 0 Å². The first-order valence-electron chi connectivity index (χ1n) is 12.0. The molecule has 1 saturated carbocycles. The number of rotatable bonds is 5. The number of hydrogen-bond acceptors (Lipinski definition) is 6. The van der Waals surface area contributed by atoms with Gasteiger partial charge in [-0.05, 0) is 26.7 Å². The highest BCUT2D eigenvalue weighted by Crippen LogP contribution is 2.35. The van der Waals surface area contributed by atoms with E-state index in [4.69, 9.17) is 9.47 Å². The molecule has 34 heavy (non-hydrogen) atoms. The number of aromatic nitrogens is 4. The van der Waals surface area contributed by atoms with Crippen LogP contribution in [0.4, 0.5) is 0 Å². The minimum Gasteiger partial charge on any atom is -0.372 e. The fourth-order valence-electron chi connectivity index (χ4n) is 4.96. The van der Waals surface area contributed by atoms with Crippen molar-refractivity contribution in [2.75, 3.05) is 19.7 Å². The monoisotopic (exact) mass is 465 g/mol. The summed E-state index contributed by atoms with van der Waals surface area (Å²) >= 11 is 0. The van der Waals surface area contributed by atoms with Gasteiger partial charge in [0.2, 0.25) is 5.78 Å². The lowest BCUT2D eigenvalue weighted by Crippen LogP contribution is -2.58. The van der Waals surface area contributed by atoms with E-state index >= 15 is 0 Å². The summed E-state index contributed by atoms with van der Waals surface area (Å²) in [6, 6.07) is 11.0. The third-order valence-electron chi connectivity index (χ3n) is 6.69. The summed E-state index contributed by atoms with van der Waals surface area (Å²) in [5.74, 6) is 0.852. The van der Waals surface area contributed by atoms with Crippen LogP contribution in [0.5, 0.6) is 0 Å². The Labute approximate surface area is 198 Å². The van der Waals surface area contributed by atoms with Crippen LogP contribution in [0.3, 0.4) is 0 Å². The molecule has 1 aromatic carbocycles. The zero-order valence-corrected chi connectivity index (χ0v) is 19.7. The second-order valence-corrected chi connectivity index (χ2v) is 9.85. The number of nitrogens with one attached hydrogen (secondary N) is 1. The minimum atomic E-state index is -0.877. The van der Waals surface area contributed by atoms with Gasteiger partial charge in [-0.25, -0.2) is 0 Å². The standard InChI is InChI=1S/C25H31N5O4/c1-24(2)17-29(13-14-33-24)22(32)25(11-7-4-8-12-25)34-16-19-15-20(31)30-23(26-19)27-21(28-30)18-9-5-3-6-10-18/h3,5-6,9-10,15H,4,7-8,11-14,16-17H2,1-2H3,(H,26,27,28). The van der Waals surface area contributed by atoms with Gasteiger partial charge in [0.05, 0.1) is 18.8 Å². The smallest absolute Gasteiger partial charge is 0.275 e. The van der Waals surface area contributed by atoms with Gasteiger partial charge in [-0.15, -0.1) is 5.10 Å². The van der Waals surface area contributed by atoms with Gasteiger partial charge in [0.15, 0.2) is 5.82 Å². The van der Waals surface area contributed by atoms with E-state index in [0.29, 0.717) is 49.8 Å². The van der Waals surface area contributed by atoms with Crippen molar-refractivity contribution in [3.8, 4) is 11.4 Å². The highest BCUT2D eigenvalue weighted by atomic mass is 16.5. The molecule has 5 rings (SSSR count). The first kappa shape index (κ1) is 22.7. The molecule has 1 aliphatic heterocycles. The molecule has 9 heteroatoms. The quantitative estimate of drug-likeness (QED) is 0.622. The van der Waals surface area contributed by atoms with E-state index < -0.39 is 5.60 Å². The van der Waals surface area contributed by atoms with Gasteiger partial charge in [-0.3, -0.25) is 9.59 Å². The Hall–Kier alpha value is -3.04. The number of morpholine rings is 1. The van der Waals surface area contributed by atoms with Crippen molar-refractivity contribution in [3.63, 3.8) is 0 Å². The molecule has 0 spiro atoms. The van der Waals surface area contributed by atoms with Crippen molar-refractivity contribution < 1.29 is 14.3 Å². The van der Waals surface area contributed by atoms with Gasteiger partial charge in [0.1, 0.15) is 5.60 Å². The summed E-state index contributed by atoms with van der Waals surface area (Å²) in [6.45, 7) is 5.76. The average molecular weight is 466 g/mol. The number of aromatic amines is 1. The van der Waals surface area contributed by atoms with Crippen molar-refractivity contribution in [3.05, 3.63) is 52.4 Å². The Kier molecular flexibility index (Phi) is 5.99. The van der Waals surface area contributed by atoms with Gasteiger partial charge >= 0.3 is 0 Å². The number of hydrogen-bond donors (Lipinski definition) is 1. The van der Waals surface area contributed by atoms with Crippen molar-refractivity contribution in [1.29, 1.82) is 0 Å². The topological polar surface area (TPSA) is 102 Å². The number of H-pyrrole nitrogens is 1. The predicted molar refractivity (Wildman–Crippen MR) is 126 cm³/mol. The first-order chi connectivity index (χ1) is 16.4. The van der Waals surface area contributed by atoms with Gasteiger partial charge in [0.25, 0.3) is 11.5 Å². The van der Waals surface area contributed by atoms with Crippen LogP contribution >= 0.6 is 0 Å². The van der Waals surface area contributed by atoms with E-state index in [1.807, 2.05) is 49.1 Å². The maximum atomic E-state index is 13.7. The molecule has 3 aromatic rings. The molecule has 3 heterocycles. The highest BCUT2D eigenvalue weighted by molar-refractivity contribution is 5.85. The molecule has 0 atom stereocenters. The predicted octanol–water partition coefficient (Wildman–Crippen LogP) is 2.94. The van der Waals surface area contributed by atoms with E-state index in [1.165, 1.54) is 10.6 Å². The Morgan fingerprint density at radius 1 is 1.18 bits per heavy atom. The number of nitrogens with zero attached hydrogens (tertiary/aromatic N) is 4. The van der Waals surface area contributed by atoms with Crippen molar-refractivity contribution in [2.45, 2.75) is 63.8 Å². The molecule has 2 aliphatic rings. The number of fused-ring (bicyclic) bond motifs is 1. The maximum absolute atomic E-state index is 13.7. The molecule has 2 fully saturated rings. The molecule has 2 aromatic heterocycles. The Morgan fingerprint density at radius 2 is 1.94 bits per heavy atom. The average Bonchev–Trinajstić information content (AvgIpc) is 3.28. The lowest BCUT2D eigenvalue weighted by atomic mass is 9.83. The first-order valence-corrected chi connectivity index (χ1v) is 12.0. The lowest BCUT2D eigenvalue weighted by molar-refractivity contribution is -0.177. The SMILES string of the molecule is CC1(C)CN(C(=O)C2(OCc3cc(=O)n4nc(-c5ccccc5)nc4[nH]3)CCCCC2)CCO1. The molecule has 180 valence electrons. The van der Waals surface area contributed by atoms with Crippen LogP contribution in [0, 0.1) is 0 Å². The third-order valence-corrected chi connectivity index (χ3v) is 6.69. The van der Waals surface area contributed by atoms with Crippen LogP contribution in [0.15, 0.2) is 41.2 Å². The van der Waals surface area contributed by atoms with Crippen LogP contribution in [-0.2, 0) is 20.9 Å². The van der Waals surface area contributed by atoms with Gasteiger partial charge in [-0.2, -0.15) is 9.50 Å². The van der Waals surface area contributed by atoms with Gasteiger partial charge in [-0.1, -0.05) is 49.6 Å². The van der Waals surface area contributed by atoms with Crippen molar-refractivity contribution >= 4 is 11.7 Å². The number of benzene rings is 1. The van der Waals surface area contributed by atoms with Gasteiger partial charge < -0.3 is 19.4 Å². The number of carbonyl (C=O) groups is 1. The van der Waals surface area contributed by atoms with E-state index in [0.717, 1.165) is 24.8 Å². The fourth-order valence-corrected chi connectivity index (χ4v) is 4.96. The normalized spacial score (nSPS) is 19.9. The Balaban J connectivity index is 1.38. The summed E-state index contributed by atoms with van der Waals surface area (Å²) in [5.41, 5.74) is -0.135. The largest absolute Gasteiger partial charge is 0.372 e. The van der Waals surface area contributed by atoms with E-state index in [-0.39, 0.29) is 23.7 Å². The van der Waals surface area contributed by atoms with E-state index in [9.17, 15) is 9.59 Å². The summed E-state index contributed by atoms with van der Waals surface area (Å²) in [6.07, 6.45) is 4.34. The van der Waals surface area contributed by atoms with Crippen LogP contribution in [0.2, 0.25) is 0 Å².